The summed E-state index contributed by atoms with van der Waals surface area (Å²) in [5.41, 5.74) is 0. The van der Waals surface area contributed by atoms with E-state index in [1.54, 1.807) is 4.90 Å². The van der Waals surface area contributed by atoms with Crippen molar-refractivity contribution in [2.75, 3.05) is 40.8 Å². The molecule has 0 aliphatic rings. The lowest BCUT2D eigenvalue weighted by molar-refractivity contribution is -0.890. The lowest BCUT2D eigenvalue weighted by atomic mass is 10.0. The summed E-state index contributed by atoms with van der Waals surface area (Å²) in [4.78, 5) is 13.3. The highest BCUT2D eigenvalue weighted by atomic mass is 35.5. The number of rotatable bonds is 20. The molecule has 0 radical (unpaired) electrons. The zero-order chi connectivity index (χ0) is 21.1. The van der Waals surface area contributed by atoms with Crippen LogP contribution in [0.4, 0.5) is 0 Å². The van der Waals surface area contributed by atoms with Crippen molar-refractivity contribution in [1.29, 1.82) is 0 Å². The standard InChI is InChI=1S/C25H51N2O.ClH/c1-6-8-9-10-11-12-13-14-15-16-17-18-19-20-23-27(4,5)24-21-22-26(3)25(28)7-2;/h7H,2,6,8-24H2,1,3-5H3;1H/q+1;/p-1. The fraction of sp³-hybridized carbons (Fsp3) is 0.880. The molecule has 0 aliphatic heterocycles. The number of likely N-dealkylation sites (N-methyl/N-ethyl adjacent to an activating group) is 1. The zero-order valence-corrected chi connectivity index (χ0v) is 20.9. The molecule has 0 aliphatic carbocycles. The normalized spacial score (nSPS) is 11.2. The van der Waals surface area contributed by atoms with Gasteiger partial charge in [-0.2, -0.15) is 0 Å². The Morgan fingerprint density at radius 1 is 0.759 bits per heavy atom. The first-order valence-corrected chi connectivity index (χ1v) is 12.1. The van der Waals surface area contributed by atoms with Gasteiger partial charge in [-0.05, 0) is 18.9 Å². The number of halogens is 1. The van der Waals surface area contributed by atoms with Crippen LogP contribution in [0.3, 0.4) is 0 Å². The van der Waals surface area contributed by atoms with Gasteiger partial charge < -0.3 is 21.8 Å². The number of nitrogens with zero attached hydrogens (tertiary/aromatic N) is 2. The minimum atomic E-state index is 0. The Morgan fingerprint density at radius 3 is 1.55 bits per heavy atom. The van der Waals surface area contributed by atoms with Crippen LogP contribution < -0.4 is 12.4 Å². The molecule has 0 aromatic carbocycles. The Balaban J connectivity index is 0. The van der Waals surface area contributed by atoms with Gasteiger partial charge in [0.15, 0.2) is 0 Å². The second kappa shape index (κ2) is 20.7. The van der Waals surface area contributed by atoms with Crippen molar-refractivity contribution in [1.82, 2.24) is 4.90 Å². The molecule has 0 spiro atoms. The number of carbonyl (C=O) groups excluding carboxylic acids is 1. The predicted molar refractivity (Wildman–Crippen MR) is 125 cm³/mol. The lowest BCUT2D eigenvalue weighted by Crippen LogP contribution is -3.00. The molecule has 174 valence electrons. The van der Waals surface area contributed by atoms with Gasteiger partial charge in [-0.15, -0.1) is 0 Å². The van der Waals surface area contributed by atoms with Gasteiger partial charge in [0, 0.05) is 20.0 Å². The molecule has 1 amide bonds. The first-order valence-electron chi connectivity index (χ1n) is 12.1. The second-order valence-corrected chi connectivity index (χ2v) is 9.30. The third-order valence-corrected chi connectivity index (χ3v) is 5.92. The van der Waals surface area contributed by atoms with E-state index in [1.807, 2.05) is 7.05 Å². The van der Waals surface area contributed by atoms with Gasteiger partial charge in [-0.3, -0.25) is 4.79 Å². The van der Waals surface area contributed by atoms with Crippen LogP contribution in [-0.2, 0) is 4.79 Å². The molecular formula is C25H51ClN2O. The van der Waals surface area contributed by atoms with Crippen molar-refractivity contribution in [3.05, 3.63) is 12.7 Å². The van der Waals surface area contributed by atoms with E-state index in [0.717, 1.165) is 24.0 Å². The second-order valence-electron chi connectivity index (χ2n) is 9.30. The molecule has 0 atom stereocenters. The van der Waals surface area contributed by atoms with Crippen LogP contribution in [0.15, 0.2) is 12.7 Å². The molecule has 0 bridgehead atoms. The molecule has 0 aromatic heterocycles. The van der Waals surface area contributed by atoms with E-state index in [-0.39, 0.29) is 18.3 Å². The zero-order valence-electron chi connectivity index (χ0n) is 20.2. The molecule has 0 saturated carbocycles. The minimum Gasteiger partial charge on any atom is -1.00 e. The van der Waals surface area contributed by atoms with Gasteiger partial charge in [0.1, 0.15) is 0 Å². The Bertz CT molecular complexity index is 385. The van der Waals surface area contributed by atoms with Gasteiger partial charge in [0.2, 0.25) is 5.91 Å². The van der Waals surface area contributed by atoms with Crippen LogP contribution in [0, 0.1) is 0 Å². The Morgan fingerprint density at radius 2 is 1.14 bits per heavy atom. The van der Waals surface area contributed by atoms with E-state index < -0.39 is 0 Å². The molecule has 0 saturated heterocycles. The highest BCUT2D eigenvalue weighted by molar-refractivity contribution is 5.86. The lowest BCUT2D eigenvalue weighted by Gasteiger charge is -2.30. The first kappa shape index (κ1) is 30.7. The molecular weight excluding hydrogens is 380 g/mol. The molecule has 0 aromatic rings. The molecule has 0 heterocycles. The summed E-state index contributed by atoms with van der Waals surface area (Å²) in [6.45, 7) is 9.04. The third-order valence-electron chi connectivity index (χ3n) is 5.92. The minimum absolute atomic E-state index is 0. The topological polar surface area (TPSA) is 20.3 Å². The van der Waals surface area contributed by atoms with E-state index in [1.165, 1.54) is 103 Å². The number of unbranched alkanes of at least 4 members (excludes halogenated alkanes) is 13. The maximum Gasteiger partial charge on any atom is 0.245 e. The Kier molecular flexibility index (Phi) is 21.9. The SMILES string of the molecule is C=CC(=O)N(C)CCC[N+](C)(C)CCCCCCCCCCCCCCCC.[Cl-]. The highest BCUT2D eigenvalue weighted by Crippen LogP contribution is 2.13. The quantitative estimate of drug-likeness (QED) is 0.164. The van der Waals surface area contributed by atoms with E-state index in [4.69, 9.17) is 0 Å². The van der Waals surface area contributed by atoms with Crippen LogP contribution in [0.25, 0.3) is 0 Å². The first-order chi connectivity index (χ1) is 13.4. The van der Waals surface area contributed by atoms with Crippen molar-refractivity contribution in [2.45, 2.75) is 103 Å². The number of amides is 1. The van der Waals surface area contributed by atoms with E-state index >= 15 is 0 Å². The average molecular weight is 431 g/mol. The average Bonchev–Trinajstić information content (AvgIpc) is 2.67. The van der Waals surface area contributed by atoms with Crippen LogP contribution in [0.1, 0.15) is 103 Å². The summed E-state index contributed by atoms with van der Waals surface area (Å²) >= 11 is 0. The van der Waals surface area contributed by atoms with Gasteiger partial charge in [-0.25, -0.2) is 0 Å². The summed E-state index contributed by atoms with van der Waals surface area (Å²) in [7, 11) is 6.49. The highest BCUT2D eigenvalue weighted by Gasteiger charge is 2.15. The summed E-state index contributed by atoms with van der Waals surface area (Å²) < 4.78 is 1.06. The van der Waals surface area contributed by atoms with Gasteiger partial charge in [-0.1, -0.05) is 90.6 Å². The van der Waals surface area contributed by atoms with E-state index in [2.05, 4.69) is 27.6 Å². The summed E-state index contributed by atoms with van der Waals surface area (Å²) in [6, 6.07) is 0. The smallest absolute Gasteiger partial charge is 0.245 e. The van der Waals surface area contributed by atoms with E-state index in [0.29, 0.717) is 0 Å². The van der Waals surface area contributed by atoms with Crippen molar-refractivity contribution in [3.8, 4) is 0 Å². The van der Waals surface area contributed by atoms with Crippen LogP contribution in [0.5, 0.6) is 0 Å². The summed E-state index contributed by atoms with van der Waals surface area (Å²) in [5, 5.41) is 0. The van der Waals surface area contributed by atoms with Gasteiger partial charge in [0.05, 0.1) is 27.2 Å². The number of hydrogen-bond donors (Lipinski definition) is 0. The fourth-order valence-electron chi connectivity index (χ4n) is 3.85. The maximum atomic E-state index is 11.5. The Labute approximate surface area is 189 Å². The third kappa shape index (κ3) is 20.5. The number of quaternary nitrogens is 1. The van der Waals surface area contributed by atoms with Crippen LogP contribution >= 0.6 is 0 Å². The van der Waals surface area contributed by atoms with Crippen molar-refractivity contribution in [2.24, 2.45) is 0 Å². The van der Waals surface area contributed by atoms with Crippen molar-refractivity contribution < 1.29 is 21.7 Å². The van der Waals surface area contributed by atoms with Crippen molar-refractivity contribution >= 4 is 5.91 Å². The predicted octanol–water partition coefficient (Wildman–Crippen LogP) is 3.58. The molecule has 0 fully saturated rings. The molecule has 0 unspecified atom stereocenters. The number of hydrogen-bond acceptors (Lipinski definition) is 1. The summed E-state index contributed by atoms with van der Waals surface area (Å²) in [6.07, 6.45) is 22.3. The number of carbonyl (C=O) groups is 1. The maximum absolute atomic E-state index is 11.5. The molecule has 4 heteroatoms. The molecule has 29 heavy (non-hydrogen) atoms. The summed E-state index contributed by atoms with van der Waals surface area (Å²) in [5.74, 6) is 0.0253. The van der Waals surface area contributed by atoms with Crippen LogP contribution in [-0.4, -0.2) is 56.1 Å². The molecule has 0 N–H and O–H groups in total. The van der Waals surface area contributed by atoms with Crippen LogP contribution in [0.2, 0.25) is 0 Å². The van der Waals surface area contributed by atoms with Gasteiger partial charge >= 0.3 is 0 Å². The molecule has 0 rings (SSSR count). The molecule has 3 nitrogen and oxygen atoms in total. The monoisotopic (exact) mass is 430 g/mol. The largest absolute Gasteiger partial charge is 1.00 e. The Hall–Kier alpha value is -0.540. The van der Waals surface area contributed by atoms with Gasteiger partial charge in [0.25, 0.3) is 0 Å². The fourth-order valence-corrected chi connectivity index (χ4v) is 3.85. The van der Waals surface area contributed by atoms with E-state index in [9.17, 15) is 4.79 Å². The van der Waals surface area contributed by atoms with Crippen molar-refractivity contribution in [3.63, 3.8) is 0 Å².